The van der Waals surface area contributed by atoms with Gasteiger partial charge in [0.05, 0.1) is 12.2 Å². The minimum Gasteiger partial charge on any atom is -0.493 e. The summed E-state index contributed by atoms with van der Waals surface area (Å²) in [6, 6.07) is 5.93. The highest BCUT2D eigenvalue weighted by Crippen LogP contribution is 2.23. The van der Waals surface area contributed by atoms with Crippen molar-refractivity contribution in [1.29, 1.82) is 0 Å². The molecule has 1 rings (SSSR count). The van der Waals surface area contributed by atoms with Crippen LogP contribution in [0.25, 0.3) is 0 Å². The lowest BCUT2D eigenvalue weighted by atomic mass is 10.1. The van der Waals surface area contributed by atoms with E-state index in [2.05, 4.69) is 15.9 Å². The normalized spacial score (nSPS) is 11.5. The molecule has 1 N–H and O–H groups in total. The van der Waals surface area contributed by atoms with Crippen LogP contribution in [0.4, 0.5) is 0 Å². The van der Waals surface area contributed by atoms with Gasteiger partial charge in [0.1, 0.15) is 5.75 Å². The quantitative estimate of drug-likeness (QED) is 0.912. The highest BCUT2D eigenvalue weighted by atomic mass is 79.9. The maximum Gasteiger partial charge on any atom is 0.123 e. The molecule has 0 atom stereocenters. The highest BCUT2D eigenvalue weighted by molar-refractivity contribution is 9.10. The molecule has 0 heterocycles. The standard InChI is InChI=1S/C12H17BrO2/c1-9-4-5-10(13)8-11(9)15-7-6-12(2,3)14/h4-5,8,14H,6-7H2,1-3H3. The summed E-state index contributed by atoms with van der Waals surface area (Å²) in [6.07, 6.45) is 0.624. The smallest absolute Gasteiger partial charge is 0.123 e. The molecule has 0 aromatic heterocycles. The van der Waals surface area contributed by atoms with Crippen LogP contribution < -0.4 is 4.74 Å². The number of rotatable bonds is 4. The van der Waals surface area contributed by atoms with E-state index in [0.717, 1.165) is 15.8 Å². The number of halogens is 1. The SMILES string of the molecule is Cc1ccc(Br)cc1OCCC(C)(C)O. The molecule has 84 valence electrons. The van der Waals surface area contributed by atoms with Gasteiger partial charge in [-0.2, -0.15) is 0 Å². The van der Waals surface area contributed by atoms with Gasteiger partial charge in [0.15, 0.2) is 0 Å². The third-order valence-corrected chi connectivity index (χ3v) is 2.61. The van der Waals surface area contributed by atoms with E-state index in [1.165, 1.54) is 0 Å². The van der Waals surface area contributed by atoms with Gasteiger partial charge < -0.3 is 9.84 Å². The van der Waals surface area contributed by atoms with Gasteiger partial charge >= 0.3 is 0 Å². The molecule has 3 heteroatoms. The zero-order chi connectivity index (χ0) is 11.5. The summed E-state index contributed by atoms with van der Waals surface area (Å²) in [5, 5.41) is 9.53. The summed E-state index contributed by atoms with van der Waals surface area (Å²) in [4.78, 5) is 0. The van der Waals surface area contributed by atoms with Crippen molar-refractivity contribution in [1.82, 2.24) is 0 Å². The first-order valence-electron chi connectivity index (χ1n) is 5.00. The van der Waals surface area contributed by atoms with Crippen LogP contribution in [-0.2, 0) is 0 Å². The van der Waals surface area contributed by atoms with E-state index in [4.69, 9.17) is 4.74 Å². The minimum atomic E-state index is -0.667. The Morgan fingerprint density at radius 2 is 2.07 bits per heavy atom. The molecular formula is C12H17BrO2. The summed E-state index contributed by atoms with van der Waals surface area (Å²) in [5.41, 5.74) is 0.439. The Kier molecular flexibility index (Phi) is 4.17. The van der Waals surface area contributed by atoms with Crippen LogP contribution in [0.5, 0.6) is 5.75 Å². The Labute approximate surface area is 99.4 Å². The second-order valence-electron chi connectivity index (χ2n) is 4.32. The molecule has 0 spiro atoms. The van der Waals surface area contributed by atoms with Gasteiger partial charge in [0, 0.05) is 10.9 Å². The predicted molar refractivity (Wildman–Crippen MR) is 65.3 cm³/mol. The van der Waals surface area contributed by atoms with Crippen LogP contribution in [0.2, 0.25) is 0 Å². The van der Waals surface area contributed by atoms with Crippen LogP contribution in [0, 0.1) is 6.92 Å². The Morgan fingerprint density at radius 3 is 2.67 bits per heavy atom. The van der Waals surface area contributed by atoms with Crippen LogP contribution in [-0.4, -0.2) is 17.3 Å². The third-order valence-electron chi connectivity index (χ3n) is 2.12. The van der Waals surface area contributed by atoms with Gasteiger partial charge in [-0.15, -0.1) is 0 Å². The summed E-state index contributed by atoms with van der Waals surface area (Å²) in [7, 11) is 0. The molecule has 0 aliphatic rings. The number of ether oxygens (including phenoxy) is 1. The van der Waals surface area contributed by atoms with Crippen LogP contribution in [0.15, 0.2) is 22.7 Å². The molecular weight excluding hydrogens is 256 g/mol. The lowest BCUT2D eigenvalue weighted by Gasteiger charge is -2.17. The molecule has 0 unspecified atom stereocenters. The van der Waals surface area contributed by atoms with Crippen molar-refractivity contribution >= 4 is 15.9 Å². The topological polar surface area (TPSA) is 29.5 Å². The molecule has 0 bridgehead atoms. The van der Waals surface area contributed by atoms with Crippen molar-refractivity contribution in [2.24, 2.45) is 0 Å². The van der Waals surface area contributed by atoms with Crippen molar-refractivity contribution in [3.63, 3.8) is 0 Å². The lowest BCUT2D eigenvalue weighted by Crippen LogP contribution is -2.21. The largest absolute Gasteiger partial charge is 0.493 e. The molecule has 15 heavy (non-hydrogen) atoms. The van der Waals surface area contributed by atoms with Gasteiger partial charge in [0.25, 0.3) is 0 Å². The van der Waals surface area contributed by atoms with Crippen molar-refractivity contribution < 1.29 is 9.84 Å². The molecule has 0 saturated heterocycles. The molecule has 0 saturated carbocycles. The fraction of sp³-hybridized carbons (Fsp3) is 0.500. The van der Waals surface area contributed by atoms with Crippen molar-refractivity contribution in [2.45, 2.75) is 32.8 Å². The van der Waals surface area contributed by atoms with Gasteiger partial charge in [0.2, 0.25) is 0 Å². The fourth-order valence-corrected chi connectivity index (χ4v) is 1.48. The summed E-state index contributed by atoms with van der Waals surface area (Å²) in [5.74, 6) is 0.869. The molecule has 0 radical (unpaired) electrons. The monoisotopic (exact) mass is 272 g/mol. The number of aliphatic hydroxyl groups is 1. The minimum absolute atomic E-state index is 0.529. The van der Waals surface area contributed by atoms with E-state index in [-0.39, 0.29) is 0 Å². The van der Waals surface area contributed by atoms with E-state index in [1.807, 2.05) is 25.1 Å². The fourth-order valence-electron chi connectivity index (χ4n) is 1.14. The van der Waals surface area contributed by atoms with Crippen molar-refractivity contribution in [3.05, 3.63) is 28.2 Å². The van der Waals surface area contributed by atoms with Crippen LogP contribution in [0.1, 0.15) is 25.8 Å². The zero-order valence-corrected chi connectivity index (χ0v) is 11.0. The number of benzene rings is 1. The molecule has 1 aromatic rings. The first-order valence-corrected chi connectivity index (χ1v) is 5.79. The number of hydrogen-bond donors (Lipinski definition) is 1. The molecule has 0 aliphatic carbocycles. The maximum atomic E-state index is 9.53. The summed E-state index contributed by atoms with van der Waals surface area (Å²) in [6.45, 7) is 6.10. The zero-order valence-electron chi connectivity index (χ0n) is 9.38. The second kappa shape index (κ2) is 4.99. The first kappa shape index (κ1) is 12.5. The van der Waals surface area contributed by atoms with Gasteiger partial charge in [-0.05, 0) is 38.5 Å². The molecule has 0 amide bonds. The van der Waals surface area contributed by atoms with Gasteiger partial charge in [-0.3, -0.25) is 0 Å². The first-order chi connectivity index (χ1) is 6.88. The summed E-state index contributed by atoms with van der Waals surface area (Å²) >= 11 is 3.40. The Morgan fingerprint density at radius 1 is 1.40 bits per heavy atom. The Hall–Kier alpha value is -0.540. The Balaban J connectivity index is 2.54. The predicted octanol–water partition coefficient (Wildman–Crippen LogP) is 3.30. The number of aryl methyl sites for hydroxylation is 1. The van der Waals surface area contributed by atoms with E-state index in [9.17, 15) is 5.11 Å². The Bertz CT molecular complexity index is 329. The van der Waals surface area contributed by atoms with Gasteiger partial charge in [-0.25, -0.2) is 0 Å². The average Bonchev–Trinajstić information content (AvgIpc) is 2.09. The third kappa shape index (κ3) is 4.67. The van der Waals surface area contributed by atoms with Crippen molar-refractivity contribution in [3.8, 4) is 5.75 Å². The van der Waals surface area contributed by atoms with Crippen molar-refractivity contribution in [2.75, 3.05) is 6.61 Å². The van der Waals surface area contributed by atoms with E-state index >= 15 is 0 Å². The van der Waals surface area contributed by atoms with E-state index < -0.39 is 5.60 Å². The van der Waals surface area contributed by atoms with Gasteiger partial charge in [-0.1, -0.05) is 22.0 Å². The lowest BCUT2D eigenvalue weighted by molar-refractivity contribution is 0.0552. The van der Waals surface area contributed by atoms with E-state index in [0.29, 0.717) is 13.0 Å². The summed E-state index contributed by atoms with van der Waals surface area (Å²) < 4.78 is 6.61. The molecule has 0 fully saturated rings. The van der Waals surface area contributed by atoms with Crippen LogP contribution in [0.3, 0.4) is 0 Å². The van der Waals surface area contributed by atoms with Crippen LogP contribution >= 0.6 is 15.9 Å². The second-order valence-corrected chi connectivity index (χ2v) is 5.24. The van der Waals surface area contributed by atoms with E-state index in [1.54, 1.807) is 13.8 Å². The molecule has 1 aromatic carbocycles. The maximum absolute atomic E-state index is 9.53. The molecule has 0 aliphatic heterocycles. The molecule has 2 nitrogen and oxygen atoms in total. The number of hydrogen-bond acceptors (Lipinski definition) is 2. The average molecular weight is 273 g/mol. The highest BCUT2D eigenvalue weighted by Gasteiger charge is 2.12.